The summed E-state index contributed by atoms with van der Waals surface area (Å²) in [4.78, 5) is 0. The van der Waals surface area contributed by atoms with Crippen molar-refractivity contribution in [3.8, 4) is 11.8 Å². The van der Waals surface area contributed by atoms with E-state index < -0.39 is 15.8 Å². The van der Waals surface area contributed by atoms with Crippen molar-refractivity contribution < 1.29 is 17.9 Å². The van der Waals surface area contributed by atoms with Crippen LogP contribution in [0.25, 0.3) is 0 Å². The van der Waals surface area contributed by atoms with Gasteiger partial charge in [-0.25, -0.2) is 12.8 Å². The summed E-state index contributed by atoms with van der Waals surface area (Å²) in [6.45, 7) is 1.42. The van der Waals surface area contributed by atoms with Gasteiger partial charge in [0.2, 0.25) is 10.0 Å². The number of rotatable bonds is 4. The third-order valence-corrected chi connectivity index (χ3v) is 3.38. The van der Waals surface area contributed by atoms with Crippen LogP contribution in [-0.2, 0) is 10.0 Å². The number of hydrogen-bond acceptors (Lipinski definition) is 3. The van der Waals surface area contributed by atoms with Gasteiger partial charge in [0.25, 0.3) is 0 Å². The number of aliphatic hydroxyl groups excluding tert-OH is 1. The summed E-state index contributed by atoms with van der Waals surface area (Å²) in [6, 6.07) is 3.99. The molecule has 0 unspecified atom stereocenters. The second-order valence-corrected chi connectivity index (χ2v) is 5.49. The zero-order valence-electron chi connectivity index (χ0n) is 9.90. The average molecular weight is 271 g/mol. The fourth-order valence-corrected chi connectivity index (χ4v) is 1.78. The molecule has 0 aliphatic heterocycles. The summed E-state index contributed by atoms with van der Waals surface area (Å²) in [7, 11) is -3.49. The lowest BCUT2D eigenvalue weighted by molar-refractivity contribution is 0.305. The summed E-state index contributed by atoms with van der Waals surface area (Å²) >= 11 is 0. The molecule has 0 atom stereocenters. The van der Waals surface area contributed by atoms with Crippen molar-refractivity contribution in [1.29, 1.82) is 0 Å². The molecule has 0 amide bonds. The van der Waals surface area contributed by atoms with Gasteiger partial charge < -0.3 is 5.11 Å². The normalized spacial score (nSPS) is 10.6. The molecule has 6 heteroatoms. The second-order valence-electron chi connectivity index (χ2n) is 3.48. The molecule has 0 saturated carbocycles. The smallest absolute Gasteiger partial charge is 0.232 e. The van der Waals surface area contributed by atoms with E-state index in [1.165, 1.54) is 19.1 Å². The van der Waals surface area contributed by atoms with Gasteiger partial charge in [-0.3, -0.25) is 4.72 Å². The monoisotopic (exact) mass is 271 g/mol. The highest BCUT2D eigenvalue weighted by molar-refractivity contribution is 7.92. The zero-order valence-corrected chi connectivity index (χ0v) is 10.7. The molecule has 1 aromatic carbocycles. The maximum Gasteiger partial charge on any atom is 0.232 e. The van der Waals surface area contributed by atoms with Crippen molar-refractivity contribution in [2.75, 3.05) is 17.1 Å². The molecule has 0 radical (unpaired) electrons. The Bertz CT molecular complexity index is 573. The predicted octanol–water partition coefficient (Wildman–Crippen LogP) is 1.32. The van der Waals surface area contributed by atoms with Gasteiger partial charge in [0, 0.05) is 12.0 Å². The van der Waals surface area contributed by atoms with Crippen LogP contribution in [0, 0.1) is 17.7 Å². The van der Waals surface area contributed by atoms with E-state index in [4.69, 9.17) is 5.11 Å². The van der Waals surface area contributed by atoms with Crippen molar-refractivity contribution in [2.24, 2.45) is 0 Å². The third-order valence-electron chi connectivity index (χ3n) is 2.08. The quantitative estimate of drug-likeness (QED) is 0.812. The molecule has 0 aliphatic rings. The van der Waals surface area contributed by atoms with Crippen LogP contribution < -0.4 is 4.72 Å². The molecule has 0 aliphatic carbocycles. The first kappa shape index (κ1) is 14.5. The van der Waals surface area contributed by atoms with Crippen molar-refractivity contribution in [3.63, 3.8) is 0 Å². The van der Waals surface area contributed by atoms with Crippen LogP contribution >= 0.6 is 0 Å². The minimum atomic E-state index is -3.49. The van der Waals surface area contributed by atoms with Crippen LogP contribution in [0.3, 0.4) is 0 Å². The molecule has 0 fully saturated rings. The highest BCUT2D eigenvalue weighted by Crippen LogP contribution is 2.16. The van der Waals surface area contributed by atoms with Crippen molar-refractivity contribution in [3.05, 3.63) is 29.6 Å². The molecule has 2 N–H and O–H groups in total. The number of halogens is 1. The Hall–Kier alpha value is -1.58. The van der Waals surface area contributed by atoms with Crippen LogP contribution in [0.1, 0.15) is 18.9 Å². The third kappa shape index (κ3) is 4.35. The number of nitrogens with one attached hydrogen (secondary N) is 1. The van der Waals surface area contributed by atoms with E-state index in [1.54, 1.807) is 0 Å². The molecule has 0 heterocycles. The van der Waals surface area contributed by atoms with Gasteiger partial charge in [-0.2, -0.15) is 0 Å². The molecule has 0 saturated heterocycles. The topological polar surface area (TPSA) is 66.4 Å². The SMILES string of the molecule is CCS(=O)(=O)Nc1ccc(C#CCCO)cc1F. The Morgan fingerprint density at radius 3 is 2.72 bits per heavy atom. The zero-order chi connectivity index (χ0) is 13.6. The molecule has 0 spiro atoms. The van der Waals surface area contributed by atoms with Crippen LogP contribution in [0.15, 0.2) is 18.2 Å². The van der Waals surface area contributed by atoms with Gasteiger partial charge in [-0.15, -0.1) is 0 Å². The van der Waals surface area contributed by atoms with E-state index in [-0.39, 0.29) is 18.0 Å². The van der Waals surface area contributed by atoms with Gasteiger partial charge in [-0.05, 0) is 25.1 Å². The van der Waals surface area contributed by atoms with Crippen LogP contribution in [0.2, 0.25) is 0 Å². The molecular weight excluding hydrogens is 257 g/mol. The minimum absolute atomic E-state index is 0.0517. The van der Waals surface area contributed by atoms with E-state index in [1.807, 2.05) is 0 Å². The molecule has 1 rings (SSSR count). The van der Waals surface area contributed by atoms with Gasteiger partial charge in [0.1, 0.15) is 5.82 Å². The summed E-state index contributed by atoms with van der Waals surface area (Å²) in [6.07, 6.45) is 0.311. The molecule has 18 heavy (non-hydrogen) atoms. The van der Waals surface area contributed by atoms with E-state index in [9.17, 15) is 12.8 Å². The van der Waals surface area contributed by atoms with E-state index >= 15 is 0 Å². The first-order valence-electron chi connectivity index (χ1n) is 5.38. The molecule has 4 nitrogen and oxygen atoms in total. The Labute approximate surface area is 106 Å². The Morgan fingerprint density at radius 1 is 1.44 bits per heavy atom. The highest BCUT2D eigenvalue weighted by atomic mass is 32.2. The fourth-order valence-electron chi connectivity index (χ4n) is 1.14. The summed E-state index contributed by atoms with van der Waals surface area (Å²) < 4.78 is 38.3. The Balaban J connectivity index is 2.91. The van der Waals surface area contributed by atoms with Gasteiger partial charge in [-0.1, -0.05) is 11.8 Å². The van der Waals surface area contributed by atoms with E-state index in [2.05, 4.69) is 16.6 Å². The number of sulfonamides is 1. The average Bonchev–Trinajstić information content (AvgIpc) is 2.33. The second kappa shape index (κ2) is 6.38. The first-order chi connectivity index (χ1) is 8.48. The number of anilines is 1. The maximum atomic E-state index is 13.6. The standard InChI is InChI=1S/C12H14FNO3S/c1-2-18(16,17)14-12-7-6-10(9-11(12)13)5-3-4-8-15/h6-7,9,14-15H,2,4,8H2,1H3. The Morgan fingerprint density at radius 2 is 2.17 bits per heavy atom. The molecular formula is C12H14FNO3S. The molecule has 98 valence electrons. The minimum Gasteiger partial charge on any atom is -0.395 e. The van der Waals surface area contributed by atoms with Crippen LogP contribution in [0.5, 0.6) is 0 Å². The summed E-state index contributed by atoms with van der Waals surface area (Å²) in [5.74, 6) is 4.52. The van der Waals surface area contributed by atoms with Crippen molar-refractivity contribution >= 4 is 15.7 Å². The fraction of sp³-hybridized carbons (Fsp3) is 0.333. The highest BCUT2D eigenvalue weighted by Gasteiger charge is 2.10. The van der Waals surface area contributed by atoms with Crippen LogP contribution in [0.4, 0.5) is 10.1 Å². The van der Waals surface area contributed by atoms with Gasteiger partial charge in [0.15, 0.2) is 0 Å². The van der Waals surface area contributed by atoms with Gasteiger partial charge in [0.05, 0.1) is 18.0 Å². The largest absolute Gasteiger partial charge is 0.395 e. The van der Waals surface area contributed by atoms with Crippen molar-refractivity contribution in [1.82, 2.24) is 0 Å². The molecule has 0 aromatic heterocycles. The number of aliphatic hydroxyl groups is 1. The number of hydrogen-bond donors (Lipinski definition) is 2. The lowest BCUT2D eigenvalue weighted by atomic mass is 10.2. The summed E-state index contributed by atoms with van der Waals surface area (Å²) in [5, 5.41) is 8.54. The Kier molecular flexibility index (Phi) is 5.13. The van der Waals surface area contributed by atoms with E-state index in [0.717, 1.165) is 6.07 Å². The van der Waals surface area contributed by atoms with E-state index in [0.29, 0.717) is 12.0 Å². The maximum absolute atomic E-state index is 13.6. The number of benzene rings is 1. The lowest BCUT2D eigenvalue weighted by Gasteiger charge is -2.06. The van der Waals surface area contributed by atoms with Crippen LogP contribution in [-0.4, -0.2) is 25.9 Å². The first-order valence-corrected chi connectivity index (χ1v) is 7.03. The molecule has 1 aromatic rings. The predicted molar refractivity (Wildman–Crippen MR) is 68.1 cm³/mol. The van der Waals surface area contributed by atoms with Crippen molar-refractivity contribution in [2.45, 2.75) is 13.3 Å². The summed E-state index contributed by atoms with van der Waals surface area (Å²) in [5.41, 5.74) is 0.338. The lowest BCUT2D eigenvalue weighted by Crippen LogP contribution is -2.15. The van der Waals surface area contributed by atoms with Gasteiger partial charge >= 0.3 is 0 Å². The molecule has 0 bridgehead atoms.